The van der Waals surface area contributed by atoms with Gasteiger partial charge in [-0.2, -0.15) is 0 Å². The molecule has 7 heteroatoms. The highest BCUT2D eigenvalue weighted by atomic mass is 35.5. The summed E-state index contributed by atoms with van der Waals surface area (Å²) < 4.78 is 1.85. The number of benzene rings is 3. The van der Waals surface area contributed by atoms with Gasteiger partial charge in [0.15, 0.2) is 0 Å². The van der Waals surface area contributed by atoms with E-state index in [2.05, 4.69) is 16.7 Å². The molecule has 0 saturated carbocycles. The van der Waals surface area contributed by atoms with Crippen molar-refractivity contribution in [2.24, 2.45) is 0 Å². The van der Waals surface area contributed by atoms with E-state index in [9.17, 15) is 9.59 Å². The van der Waals surface area contributed by atoms with E-state index < -0.39 is 6.04 Å². The van der Waals surface area contributed by atoms with Gasteiger partial charge in [-0.15, -0.1) is 0 Å². The van der Waals surface area contributed by atoms with Crippen LogP contribution < -0.4 is 10.6 Å². The normalized spacial score (nSPS) is 11.9. The number of nitrogens with zero attached hydrogens (tertiary/aromatic N) is 2. The molecule has 0 aliphatic heterocycles. The maximum Gasteiger partial charge on any atom is 0.251 e. The summed E-state index contributed by atoms with van der Waals surface area (Å²) in [6.07, 6.45) is 0. The molecule has 0 radical (unpaired) electrons. The van der Waals surface area contributed by atoms with Gasteiger partial charge in [-0.3, -0.25) is 9.59 Å². The molecule has 0 spiro atoms. The number of carbonyl (C=O) groups is 2. The summed E-state index contributed by atoms with van der Waals surface area (Å²) in [5.41, 5.74) is 5.01. The maximum absolute atomic E-state index is 12.9. The molecule has 1 heterocycles. The Balaban J connectivity index is 1.59. The Morgan fingerprint density at radius 2 is 1.67 bits per heavy atom. The molecule has 1 unspecified atom stereocenters. The molecule has 33 heavy (non-hydrogen) atoms. The van der Waals surface area contributed by atoms with Crippen LogP contribution in [0, 0.1) is 13.8 Å². The SMILES string of the molecule is Cc1cc(C)cc(NC(=O)Cn2c(C(C)NC(=O)c3ccc(Cl)cc3)nc3ccccc32)c1. The topological polar surface area (TPSA) is 76.0 Å². The van der Waals surface area contributed by atoms with Gasteiger partial charge < -0.3 is 15.2 Å². The van der Waals surface area contributed by atoms with Crippen molar-refractivity contribution in [3.8, 4) is 0 Å². The molecule has 0 saturated heterocycles. The Bertz CT molecular complexity index is 1310. The van der Waals surface area contributed by atoms with Gasteiger partial charge in [-0.05, 0) is 80.4 Å². The second kappa shape index (κ2) is 9.46. The second-order valence-corrected chi connectivity index (χ2v) is 8.61. The third-order valence-electron chi connectivity index (χ3n) is 5.33. The smallest absolute Gasteiger partial charge is 0.251 e. The number of aryl methyl sites for hydroxylation is 2. The van der Waals surface area contributed by atoms with Crippen molar-refractivity contribution < 1.29 is 9.59 Å². The summed E-state index contributed by atoms with van der Waals surface area (Å²) in [6.45, 7) is 5.92. The molecule has 2 amide bonds. The van der Waals surface area contributed by atoms with E-state index >= 15 is 0 Å². The molecule has 168 valence electrons. The monoisotopic (exact) mass is 460 g/mol. The van der Waals surface area contributed by atoms with Crippen molar-refractivity contribution in [3.05, 3.63) is 94.3 Å². The van der Waals surface area contributed by atoms with Crippen LogP contribution in [0.2, 0.25) is 5.02 Å². The number of para-hydroxylation sites is 2. The Morgan fingerprint density at radius 1 is 1.00 bits per heavy atom. The zero-order chi connectivity index (χ0) is 23.5. The summed E-state index contributed by atoms with van der Waals surface area (Å²) in [5, 5.41) is 6.52. The summed E-state index contributed by atoms with van der Waals surface area (Å²) in [7, 11) is 0. The van der Waals surface area contributed by atoms with Gasteiger partial charge in [0.2, 0.25) is 5.91 Å². The largest absolute Gasteiger partial charge is 0.342 e. The lowest BCUT2D eigenvalue weighted by Gasteiger charge is -2.17. The number of fused-ring (bicyclic) bond motifs is 1. The van der Waals surface area contributed by atoms with E-state index in [0.717, 1.165) is 27.8 Å². The van der Waals surface area contributed by atoms with Crippen LogP contribution in [0.25, 0.3) is 11.0 Å². The molecule has 2 N–H and O–H groups in total. The molecule has 1 atom stereocenters. The summed E-state index contributed by atoms with van der Waals surface area (Å²) in [5.74, 6) is 0.201. The van der Waals surface area contributed by atoms with E-state index in [1.54, 1.807) is 24.3 Å². The van der Waals surface area contributed by atoms with Gasteiger partial charge in [0, 0.05) is 16.3 Å². The van der Waals surface area contributed by atoms with Crippen LogP contribution in [0.1, 0.15) is 40.3 Å². The van der Waals surface area contributed by atoms with Crippen LogP contribution in [0.4, 0.5) is 5.69 Å². The number of carbonyl (C=O) groups excluding carboxylic acids is 2. The molecule has 4 aromatic rings. The number of nitrogens with one attached hydrogen (secondary N) is 2. The average molecular weight is 461 g/mol. The highest BCUT2D eigenvalue weighted by Gasteiger charge is 2.20. The van der Waals surface area contributed by atoms with Crippen LogP contribution in [-0.2, 0) is 11.3 Å². The molecule has 1 aromatic heterocycles. The quantitative estimate of drug-likeness (QED) is 0.402. The summed E-state index contributed by atoms with van der Waals surface area (Å²) >= 11 is 5.92. The minimum atomic E-state index is -0.422. The average Bonchev–Trinajstić information content (AvgIpc) is 3.12. The highest BCUT2D eigenvalue weighted by molar-refractivity contribution is 6.30. The lowest BCUT2D eigenvalue weighted by Crippen LogP contribution is -2.30. The number of rotatable bonds is 6. The third kappa shape index (κ3) is 5.23. The third-order valence-corrected chi connectivity index (χ3v) is 5.58. The summed E-state index contributed by atoms with van der Waals surface area (Å²) in [4.78, 5) is 30.4. The van der Waals surface area contributed by atoms with Gasteiger partial charge in [0.05, 0.1) is 17.1 Å². The van der Waals surface area contributed by atoms with Crippen molar-refractivity contribution >= 4 is 40.1 Å². The minimum Gasteiger partial charge on any atom is -0.342 e. The first-order valence-electron chi connectivity index (χ1n) is 10.7. The number of imidazole rings is 1. The zero-order valence-corrected chi connectivity index (χ0v) is 19.5. The predicted octanol–water partition coefficient (Wildman–Crippen LogP) is 5.44. The molecule has 3 aromatic carbocycles. The first-order valence-corrected chi connectivity index (χ1v) is 11.1. The van der Waals surface area contributed by atoms with E-state index in [4.69, 9.17) is 16.6 Å². The van der Waals surface area contributed by atoms with Crippen molar-refractivity contribution in [3.63, 3.8) is 0 Å². The number of hydrogen-bond donors (Lipinski definition) is 2. The number of aromatic nitrogens is 2. The molecule has 0 bridgehead atoms. The molecule has 0 aliphatic carbocycles. The van der Waals surface area contributed by atoms with Gasteiger partial charge in [0.25, 0.3) is 5.91 Å². The molecule has 0 fully saturated rings. The lowest BCUT2D eigenvalue weighted by atomic mass is 10.1. The van der Waals surface area contributed by atoms with Crippen LogP contribution in [-0.4, -0.2) is 21.4 Å². The Labute approximate surface area is 197 Å². The van der Waals surface area contributed by atoms with Gasteiger partial charge in [0.1, 0.15) is 12.4 Å². The van der Waals surface area contributed by atoms with E-state index in [1.807, 2.05) is 61.7 Å². The van der Waals surface area contributed by atoms with Crippen LogP contribution in [0.3, 0.4) is 0 Å². The predicted molar refractivity (Wildman–Crippen MR) is 132 cm³/mol. The molecular formula is C26H25ClN4O2. The fraction of sp³-hybridized carbons (Fsp3) is 0.192. The first kappa shape index (κ1) is 22.6. The number of anilines is 1. The maximum atomic E-state index is 12.9. The minimum absolute atomic E-state index is 0.0734. The van der Waals surface area contributed by atoms with Crippen molar-refractivity contribution in [1.82, 2.24) is 14.9 Å². The number of halogens is 1. The van der Waals surface area contributed by atoms with E-state index in [1.165, 1.54) is 0 Å². The molecule has 6 nitrogen and oxygen atoms in total. The number of hydrogen-bond acceptors (Lipinski definition) is 3. The van der Waals surface area contributed by atoms with Gasteiger partial charge in [-0.1, -0.05) is 29.8 Å². The molecule has 4 rings (SSSR count). The standard InChI is InChI=1S/C26H25ClN4O2/c1-16-12-17(2)14-21(13-16)29-24(32)15-31-23-7-5-4-6-22(23)30-25(31)18(3)28-26(33)19-8-10-20(27)11-9-19/h4-14,18H,15H2,1-3H3,(H,28,33)(H,29,32). The van der Waals surface area contributed by atoms with Crippen LogP contribution in [0.5, 0.6) is 0 Å². The Morgan fingerprint density at radius 3 is 2.36 bits per heavy atom. The van der Waals surface area contributed by atoms with Crippen LogP contribution >= 0.6 is 11.6 Å². The van der Waals surface area contributed by atoms with Crippen molar-refractivity contribution in [2.75, 3.05) is 5.32 Å². The van der Waals surface area contributed by atoms with Gasteiger partial charge in [-0.25, -0.2) is 4.98 Å². The fourth-order valence-electron chi connectivity index (χ4n) is 3.93. The molecule has 0 aliphatic rings. The van der Waals surface area contributed by atoms with Crippen LogP contribution in [0.15, 0.2) is 66.7 Å². The Hall–Kier alpha value is -3.64. The van der Waals surface area contributed by atoms with Gasteiger partial charge >= 0.3 is 0 Å². The lowest BCUT2D eigenvalue weighted by molar-refractivity contribution is -0.116. The zero-order valence-electron chi connectivity index (χ0n) is 18.7. The molecular weight excluding hydrogens is 436 g/mol. The number of amides is 2. The van der Waals surface area contributed by atoms with E-state index in [-0.39, 0.29) is 18.4 Å². The van der Waals surface area contributed by atoms with Crippen molar-refractivity contribution in [2.45, 2.75) is 33.4 Å². The fourth-order valence-corrected chi connectivity index (χ4v) is 4.05. The first-order chi connectivity index (χ1) is 15.8. The highest BCUT2D eigenvalue weighted by Crippen LogP contribution is 2.22. The summed E-state index contributed by atoms with van der Waals surface area (Å²) in [6, 6.07) is 19.8. The van der Waals surface area contributed by atoms with E-state index in [0.29, 0.717) is 16.4 Å². The Kier molecular flexibility index (Phi) is 6.47. The second-order valence-electron chi connectivity index (χ2n) is 8.17. The van der Waals surface area contributed by atoms with Crippen molar-refractivity contribution in [1.29, 1.82) is 0 Å².